The summed E-state index contributed by atoms with van der Waals surface area (Å²) < 4.78 is 1.73. The minimum absolute atomic E-state index is 0.152. The summed E-state index contributed by atoms with van der Waals surface area (Å²) in [7, 11) is 1.68. The molecule has 1 aromatic rings. The van der Waals surface area contributed by atoms with Gasteiger partial charge in [0.2, 0.25) is 0 Å². The maximum absolute atomic E-state index is 10.9. The van der Waals surface area contributed by atoms with Gasteiger partial charge in [-0.15, -0.1) is 0 Å². The minimum atomic E-state index is -0.152. The van der Waals surface area contributed by atoms with E-state index >= 15 is 0 Å². The molecule has 0 amide bonds. The molecule has 0 fully saturated rings. The van der Waals surface area contributed by atoms with Crippen LogP contribution in [0, 0.1) is 11.6 Å². The van der Waals surface area contributed by atoms with Crippen LogP contribution in [0.15, 0.2) is 11.0 Å². The first-order valence-electron chi connectivity index (χ1n) is 2.88. The molecule has 1 N–H and O–H groups in total. The van der Waals surface area contributed by atoms with Crippen molar-refractivity contribution < 1.29 is 0 Å². The van der Waals surface area contributed by atoms with Crippen LogP contribution in [-0.2, 0) is 7.05 Å². The van der Waals surface area contributed by atoms with E-state index < -0.39 is 0 Å². The third kappa shape index (κ3) is 1.16. The van der Waals surface area contributed by atoms with E-state index in [1.807, 2.05) is 6.92 Å². The van der Waals surface area contributed by atoms with Gasteiger partial charge in [-0.05, 0) is 6.92 Å². The second-order valence-electron chi connectivity index (χ2n) is 2.18. The van der Waals surface area contributed by atoms with Gasteiger partial charge in [0.05, 0.1) is 0 Å². The Morgan fingerprint density at radius 2 is 2.30 bits per heavy atom. The van der Waals surface area contributed by atoms with Crippen LogP contribution in [-0.4, -0.2) is 9.55 Å². The van der Waals surface area contributed by atoms with Crippen molar-refractivity contribution in [1.29, 1.82) is 0 Å². The van der Waals surface area contributed by atoms with E-state index in [0.29, 0.717) is 0 Å². The molecule has 54 valence electrons. The average Bonchev–Trinajstić information content (AvgIpc) is 1.82. The van der Waals surface area contributed by atoms with E-state index in [1.165, 1.54) is 4.57 Å². The predicted molar refractivity (Wildman–Crippen MR) is 41.6 cm³/mol. The zero-order valence-electron chi connectivity index (χ0n) is 5.84. The van der Waals surface area contributed by atoms with Crippen molar-refractivity contribution in [2.45, 2.75) is 6.92 Å². The molecule has 0 radical (unpaired) electrons. The third-order valence-corrected chi connectivity index (χ3v) is 1.49. The molecule has 0 aliphatic heterocycles. The van der Waals surface area contributed by atoms with Crippen molar-refractivity contribution in [2.24, 2.45) is 7.05 Å². The molecule has 1 heterocycles. The highest BCUT2D eigenvalue weighted by Crippen LogP contribution is 1.84. The Bertz CT molecular complexity index is 350. The second-order valence-corrected chi connectivity index (χ2v) is 2.59. The molecule has 0 saturated heterocycles. The third-order valence-electron chi connectivity index (χ3n) is 1.21. The van der Waals surface area contributed by atoms with Crippen LogP contribution in [0.4, 0.5) is 0 Å². The normalized spacial score (nSPS) is 9.80. The monoisotopic (exact) mass is 156 g/mol. The average molecular weight is 156 g/mol. The van der Waals surface area contributed by atoms with Crippen molar-refractivity contribution >= 4 is 12.2 Å². The van der Waals surface area contributed by atoms with Gasteiger partial charge in [0.15, 0.2) is 4.64 Å². The lowest BCUT2D eigenvalue weighted by molar-refractivity contribution is 0.820. The first-order valence-corrected chi connectivity index (χ1v) is 3.28. The Labute approximate surface area is 63.3 Å². The molecule has 3 nitrogen and oxygen atoms in total. The molecule has 0 aliphatic carbocycles. The summed E-state index contributed by atoms with van der Waals surface area (Å²) in [4.78, 5) is 13.7. The molecular weight excluding hydrogens is 148 g/mol. The van der Waals surface area contributed by atoms with Gasteiger partial charge < -0.3 is 9.55 Å². The van der Waals surface area contributed by atoms with Crippen LogP contribution in [0.3, 0.4) is 0 Å². The number of H-pyrrole nitrogens is 1. The first-order chi connectivity index (χ1) is 4.61. The van der Waals surface area contributed by atoms with E-state index in [9.17, 15) is 4.79 Å². The van der Waals surface area contributed by atoms with E-state index in [2.05, 4.69) is 4.98 Å². The van der Waals surface area contributed by atoms with Crippen molar-refractivity contribution in [3.8, 4) is 0 Å². The summed E-state index contributed by atoms with van der Waals surface area (Å²) in [6.07, 6.45) is 1.71. The van der Waals surface area contributed by atoms with Gasteiger partial charge in [-0.25, -0.2) is 0 Å². The number of aromatic nitrogens is 2. The van der Waals surface area contributed by atoms with Gasteiger partial charge in [0.25, 0.3) is 5.56 Å². The van der Waals surface area contributed by atoms with Gasteiger partial charge in [-0.3, -0.25) is 4.79 Å². The number of hydrogen-bond acceptors (Lipinski definition) is 2. The Hall–Kier alpha value is -0.900. The van der Waals surface area contributed by atoms with E-state index in [-0.39, 0.29) is 10.2 Å². The van der Waals surface area contributed by atoms with Crippen LogP contribution in [0.25, 0.3) is 0 Å². The first kappa shape index (κ1) is 7.21. The maximum Gasteiger partial charge on any atom is 0.285 e. The number of hydrogen-bond donors (Lipinski definition) is 1. The molecule has 1 rings (SSSR count). The van der Waals surface area contributed by atoms with Crippen LogP contribution in [0.5, 0.6) is 0 Å². The van der Waals surface area contributed by atoms with Gasteiger partial charge in [-0.1, -0.05) is 12.2 Å². The molecule has 0 unspecified atom stereocenters. The van der Waals surface area contributed by atoms with Crippen LogP contribution < -0.4 is 5.56 Å². The van der Waals surface area contributed by atoms with Crippen LogP contribution >= 0.6 is 12.2 Å². The van der Waals surface area contributed by atoms with Crippen LogP contribution in [0.1, 0.15) is 5.69 Å². The lowest BCUT2D eigenvalue weighted by Crippen LogP contribution is -2.18. The molecule has 0 atom stereocenters. The number of aryl methyl sites for hydroxylation is 2. The molecular formula is C6H8N2OS. The SMILES string of the molecule is Cc1cn(C)c(=O)c(=S)[nH]1. The molecule has 4 heteroatoms. The summed E-state index contributed by atoms with van der Waals surface area (Å²) in [5.74, 6) is 0. The Morgan fingerprint density at radius 3 is 2.80 bits per heavy atom. The Kier molecular flexibility index (Phi) is 1.72. The zero-order valence-corrected chi connectivity index (χ0v) is 6.66. The number of aromatic amines is 1. The zero-order chi connectivity index (χ0) is 7.72. The number of nitrogens with one attached hydrogen (secondary N) is 1. The van der Waals surface area contributed by atoms with Crippen molar-refractivity contribution in [1.82, 2.24) is 9.55 Å². The highest BCUT2D eigenvalue weighted by molar-refractivity contribution is 7.71. The van der Waals surface area contributed by atoms with Gasteiger partial charge in [-0.2, -0.15) is 0 Å². The quantitative estimate of drug-likeness (QED) is 0.563. The van der Waals surface area contributed by atoms with Gasteiger partial charge in [0, 0.05) is 18.9 Å². The maximum atomic E-state index is 10.9. The Morgan fingerprint density at radius 1 is 1.70 bits per heavy atom. The predicted octanol–water partition coefficient (Wildman–Crippen LogP) is 0.751. The summed E-state index contributed by atoms with van der Waals surface area (Å²) in [5.41, 5.74) is 0.743. The summed E-state index contributed by atoms with van der Waals surface area (Å²) >= 11 is 4.74. The molecule has 1 aromatic heterocycles. The smallest absolute Gasteiger partial charge is 0.285 e. The summed E-state index contributed by atoms with van der Waals surface area (Å²) in [6.45, 7) is 1.86. The fourth-order valence-corrected chi connectivity index (χ4v) is 1.08. The van der Waals surface area contributed by atoms with Crippen molar-refractivity contribution in [3.63, 3.8) is 0 Å². The largest absolute Gasteiger partial charge is 0.344 e. The standard InChI is InChI=1S/C6H8N2OS/c1-4-3-8(2)6(9)5(10)7-4/h3H,1-2H3,(H,7,10). The topological polar surface area (TPSA) is 37.8 Å². The summed E-state index contributed by atoms with van der Waals surface area (Å²) in [6, 6.07) is 0. The van der Waals surface area contributed by atoms with E-state index in [0.717, 1.165) is 5.69 Å². The lowest BCUT2D eigenvalue weighted by Gasteiger charge is -1.96. The van der Waals surface area contributed by atoms with Gasteiger partial charge >= 0.3 is 0 Å². The molecule has 10 heavy (non-hydrogen) atoms. The molecule has 0 bridgehead atoms. The fraction of sp³-hybridized carbons (Fsp3) is 0.333. The van der Waals surface area contributed by atoms with Gasteiger partial charge in [0.1, 0.15) is 0 Å². The molecule has 0 saturated carbocycles. The fourth-order valence-electron chi connectivity index (χ4n) is 0.774. The number of nitrogens with zero attached hydrogens (tertiary/aromatic N) is 1. The second kappa shape index (κ2) is 2.38. The molecule has 0 spiro atoms. The highest BCUT2D eigenvalue weighted by atomic mass is 32.1. The molecule has 0 aromatic carbocycles. The van der Waals surface area contributed by atoms with E-state index in [4.69, 9.17) is 12.2 Å². The van der Waals surface area contributed by atoms with Crippen molar-refractivity contribution in [2.75, 3.05) is 0 Å². The van der Waals surface area contributed by atoms with Crippen molar-refractivity contribution in [3.05, 3.63) is 26.9 Å². The molecule has 0 aliphatic rings. The van der Waals surface area contributed by atoms with Crippen LogP contribution in [0.2, 0.25) is 0 Å². The highest BCUT2D eigenvalue weighted by Gasteiger charge is 1.91. The minimum Gasteiger partial charge on any atom is -0.344 e. The summed E-state index contributed by atoms with van der Waals surface area (Å²) in [5, 5.41) is 0. The van der Waals surface area contributed by atoms with E-state index in [1.54, 1.807) is 13.2 Å². The lowest BCUT2D eigenvalue weighted by atomic mass is 10.5. The Balaban J connectivity index is 3.62. The number of rotatable bonds is 0.